The minimum Gasteiger partial charge on any atom is -0.481 e. The van der Waals surface area contributed by atoms with Gasteiger partial charge in [0.15, 0.2) is 0 Å². The second-order valence-corrected chi connectivity index (χ2v) is 6.95. The van der Waals surface area contributed by atoms with E-state index in [2.05, 4.69) is 11.0 Å². The van der Waals surface area contributed by atoms with E-state index in [0.717, 1.165) is 51.0 Å². The first kappa shape index (κ1) is 17.0. The Hall–Kier alpha value is -1.88. The van der Waals surface area contributed by atoms with Gasteiger partial charge in [-0.05, 0) is 56.2 Å². The molecule has 0 aliphatic carbocycles. The summed E-state index contributed by atoms with van der Waals surface area (Å²) in [6, 6.07) is 8.17. The van der Waals surface area contributed by atoms with Gasteiger partial charge in [0.25, 0.3) is 0 Å². The number of nitrogens with zero attached hydrogens (tertiary/aromatic N) is 2. The molecule has 0 saturated carbocycles. The van der Waals surface area contributed by atoms with Crippen LogP contribution in [-0.4, -0.2) is 48.1 Å². The summed E-state index contributed by atoms with van der Waals surface area (Å²) in [6.45, 7) is 3.02. The zero-order chi connectivity index (χ0) is 16.9. The number of hydrogen-bond donors (Lipinski definition) is 1. The van der Waals surface area contributed by atoms with Crippen LogP contribution in [0.3, 0.4) is 0 Å². The number of carbonyl (C=O) groups excluding carboxylic acids is 1. The molecule has 24 heavy (non-hydrogen) atoms. The highest BCUT2D eigenvalue weighted by Gasteiger charge is 2.26. The van der Waals surface area contributed by atoms with Gasteiger partial charge in [-0.15, -0.1) is 0 Å². The van der Waals surface area contributed by atoms with Crippen molar-refractivity contribution in [3.8, 4) is 0 Å². The lowest BCUT2D eigenvalue weighted by Crippen LogP contribution is -2.45. The van der Waals surface area contributed by atoms with E-state index >= 15 is 0 Å². The second-order valence-electron chi connectivity index (χ2n) is 6.95. The Balaban J connectivity index is 1.58. The molecule has 1 atom stereocenters. The number of piperidine rings is 1. The van der Waals surface area contributed by atoms with Crippen LogP contribution in [0.2, 0.25) is 0 Å². The maximum absolute atomic E-state index is 12.8. The number of anilines is 1. The summed E-state index contributed by atoms with van der Waals surface area (Å²) in [4.78, 5) is 27.7. The molecule has 2 aliphatic heterocycles. The van der Waals surface area contributed by atoms with Gasteiger partial charge in [0, 0.05) is 25.2 Å². The fraction of sp³-hybridized carbons (Fsp3) is 0.579. The number of fused-ring (bicyclic) bond motifs is 1. The fourth-order valence-corrected chi connectivity index (χ4v) is 3.93. The lowest BCUT2D eigenvalue weighted by molar-refractivity contribution is -0.137. The van der Waals surface area contributed by atoms with Crippen molar-refractivity contribution in [2.75, 3.05) is 31.1 Å². The zero-order valence-corrected chi connectivity index (χ0v) is 14.1. The number of rotatable bonds is 5. The topological polar surface area (TPSA) is 60.9 Å². The van der Waals surface area contributed by atoms with E-state index in [-0.39, 0.29) is 12.3 Å². The van der Waals surface area contributed by atoms with Crippen LogP contribution in [0.4, 0.5) is 5.69 Å². The minimum absolute atomic E-state index is 0.168. The van der Waals surface area contributed by atoms with Crippen molar-refractivity contribution in [2.45, 2.75) is 38.5 Å². The Labute approximate surface area is 143 Å². The van der Waals surface area contributed by atoms with E-state index in [9.17, 15) is 9.59 Å². The number of carboxylic acid groups (broad SMARTS) is 1. The predicted octanol–water partition coefficient (Wildman–Crippen LogP) is 2.54. The number of amides is 1. The number of carbonyl (C=O) groups is 2. The minimum atomic E-state index is -0.729. The fourth-order valence-electron chi connectivity index (χ4n) is 3.93. The molecular weight excluding hydrogens is 304 g/mol. The third-order valence-electron chi connectivity index (χ3n) is 5.14. The van der Waals surface area contributed by atoms with Gasteiger partial charge < -0.3 is 10.0 Å². The first-order valence-electron chi connectivity index (χ1n) is 8.96. The number of benzene rings is 1. The van der Waals surface area contributed by atoms with Gasteiger partial charge in [0.2, 0.25) is 5.91 Å². The molecule has 1 amide bonds. The van der Waals surface area contributed by atoms with Crippen LogP contribution in [0.15, 0.2) is 24.3 Å². The largest absolute Gasteiger partial charge is 0.481 e. The molecule has 0 aromatic heterocycles. The number of carboxylic acids is 1. The Morgan fingerprint density at radius 1 is 1.17 bits per heavy atom. The molecule has 5 nitrogen and oxygen atoms in total. The first-order chi connectivity index (χ1) is 11.6. The van der Waals surface area contributed by atoms with E-state index < -0.39 is 5.97 Å². The molecule has 1 saturated heterocycles. The van der Waals surface area contributed by atoms with Crippen LogP contribution < -0.4 is 4.90 Å². The Kier molecular flexibility index (Phi) is 5.51. The lowest BCUT2D eigenvalue weighted by atomic mass is 9.93. The van der Waals surface area contributed by atoms with Gasteiger partial charge in [-0.25, -0.2) is 0 Å². The SMILES string of the molecule is O=C(O)CCC1CCCN(CC(=O)N2CCCc3ccccc32)C1. The molecule has 3 rings (SSSR count). The van der Waals surface area contributed by atoms with E-state index in [4.69, 9.17) is 5.11 Å². The zero-order valence-electron chi connectivity index (χ0n) is 14.1. The summed E-state index contributed by atoms with van der Waals surface area (Å²) < 4.78 is 0. The predicted molar refractivity (Wildman–Crippen MR) is 93.1 cm³/mol. The molecule has 0 bridgehead atoms. The van der Waals surface area contributed by atoms with Gasteiger partial charge in [-0.1, -0.05) is 18.2 Å². The first-order valence-corrected chi connectivity index (χ1v) is 8.96. The highest BCUT2D eigenvalue weighted by atomic mass is 16.4. The number of likely N-dealkylation sites (tertiary alicyclic amines) is 1. The monoisotopic (exact) mass is 330 g/mol. The molecule has 1 aromatic rings. The van der Waals surface area contributed by atoms with Gasteiger partial charge in [0.1, 0.15) is 0 Å². The average Bonchev–Trinajstić information content (AvgIpc) is 2.60. The van der Waals surface area contributed by atoms with Gasteiger partial charge in [0.05, 0.1) is 6.54 Å². The molecule has 0 radical (unpaired) electrons. The summed E-state index contributed by atoms with van der Waals surface area (Å²) in [5.41, 5.74) is 2.32. The molecule has 1 N–H and O–H groups in total. The molecular formula is C19H26N2O3. The molecule has 130 valence electrons. The molecule has 2 aliphatic rings. The lowest BCUT2D eigenvalue weighted by Gasteiger charge is -2.35. The summed E-state index contributed by atoms with van der Waals surface area (Å²) in [5.74, 6) is -0.162. The van der Waals surface area contributed by atoms with Crippen molar-refractivity contribution in [3.63, 3.8) is 0 Å². The quantitative estimate of drug-likeness (QED) is 0.901. The van der Waals surface area contributed by atoms with Gasteiger partial charge in [-0.3, -0.25) is 14.5 Å². The van der Waals surface area contributed by atoms with Crippen molar-refractivity contribution in [3.05, 3.63) is 29.8 Å². The van der Waals surface area contributed by atoms with E-state index in [1.54, 1.807) is 0 Å². The Morgan fingerprint density at radius 2 is 2.00 bits per heavy atom. The van der Waals surface area contributed by atoms with Crippen LogP contribution in [0, 0.1) is 5.92 Å². The molecule has 0 spiro atoms. The maximum Gasteiger partial charge on any atom is 0.303 e. The van der Waals surface area contributed by atoms with E-state index in [1.807, 2.05) is 23.1 Å². The average molecular weight is 330 g/mol. The number of para-hydroxylation sites is 1. The summed E-state index contributed by atoms with van der Waals surface area (Å²) >= 11 is 0. The van der Waals surface area contributed by atoms with Crippen molar-refractivity contribution >= 4 is 17.6 Å². The van der Waals surface area contributed by atoms with Gasteiger partial charge >= 0.3 is 5.97 Å². The molecule has 1 fully saturated rings. The smallest absolute Gasteiger partial charge is 0.303 e. The normalized spacial score (nSPS) is 21.3. The molecule has 5 heteroatoms. The van der Waals surface area contributed by atoms with Crippen molar-refractivity contribution < 1.29 is 14.7 Å². The third-order valence-corrected chi connectivity index (χ3v) is 5.14. The molecule has 1 aromatic carbocycles. The third kappa shape index (κ3) is 4.15. The van der Waals surface area contributed by atoms with Crippen molar-refractivity contribution in [1.82, 2.24) is 4.90 Å². The highest BCUT2D eigenvalue weighted by Crippen LogP contribution is 2.27. The van der Waals surface area contributed by atoms with Crippen molar-refractivity contribution in [1.29, 1.82) is 0 Å². The van der Waals surface area contributed by atoms with E-state index in [0.29, 0.717) is 18.9 Å². The summed E-state index contributed by atoms with van der Waals surface area (Å²) in [5, 5.41) is 8.84. The van der Waals surface area contributed by atoms with Gasteiger partial charge in [-0.2, -0.15) is 0 Å². The number of aryl methyl sites for hydroxylation is 1. The Morgan fingerprint density at radius 3 is 2.83 bits per heavy atom. The van der Waals surface area contributed by atoms with Crippen LogP contribution in [0.1, 0.15) is 37.7 Å². The number of aliphatic carboxylic acids is 1. The Bertz CT molecular complexity index is 602. The summed E-state index contributed by atoms with van der Waals surface area (Å²) in [6.07, 6.45) is 5.13. The van der Waals surface area contributed by atoms with E-state index in [1.165, 1.54) is 5.56 Å². The standard InChI is InChI=1S/C19H26N2O3/c22-18(21-12-4-7-16-6-1-2-8-17(16)21)14-20-11-3-5-15(13-20)9-10-19(23)24/h1-2,6,8,15H,3-5,7,9-14H2,(H,23,24). The maximum atomic E-state index is 12.8. The number of hydrogen-bond acceptors (Lipinski definition) is 3. The summed E-state index contributed by atoms with van der Waals surface area (Å²) in [7, 11) is 0. The molecule has 1 unspecified atom stereocenters. The van der Waals surface area contributed by atoms with Crippen LogP contribution in [0.25, 0.3) is 0 Å². The molecule has 2 heterocycles. The van der Waals surface area contributed by atoms with Crippen LogP contribution in [0.5, 0.6) is 0 Å². The van der Waals surface area contributed by atoms with Crippen LogP contribution >= 0.6 is 0 Å². The van der Waals surface area contributed by atoms with Crippen molar-refractivity contribution in [2.24, 2.45) is 5.92 Å². The highest BCUT2D eigenvalue weighted by molar-refractivity contribution is 5.95. The second kappa shape index (κ2) is 7.79. The van der Waals surface area contributed by atoms with Crippen LogP contribution in [-0.2, 0) is 16.0 Å².